The quantitative estimate of drug-likeness (QED) is 0.357. The number of rotatable bonds is 6. The number of halogens is 2. The third-order valence-electron chi connectivity index (χ3n) is 5.62. The molecule has 8 nitrogen and oxygen atoms in total. The van der Waals surface area contributed by atoms with Crippen molar-refractivity contribution in [1.29, 1.82) is 0 Å². The van der Waals surface area contributed by atoms with Crippen LogP contribution in [-0.4, -0.2) is 37.2 Å². The summed E-state index contributed by atoms with van der Waals surface area (Å²) in [6, 6.07) is 19.6. The number of aromatic nitrogens is 5. The summed E-state index contributed by atoms with van der Waals surface area (Å²) in [6.07, 6.45) is 3.08. The number of fused-ring (bicyclic) bond motifs is 1. The van der Waals surface area contributed by atoms with Crippen LogP contribution in [-0.2, 0) is 0 Å². The van der Waals surface area contributed by atoms with Crippen molar-refractivity contribution in [1.82, 2.24) is 30.0 Å². The number of para-hydroxylation sites is 1. The number of benzene rings is 3. The van der Waals surface area contributed by atoms with E-state index in [-0.39, 0.29) is 23.0 Å². The molecule has 174 valence electrons. The van der Waals surface area contributed by atoms with Gasteiger partial charge in [-0.3, -0.25) is 14.2 Å². The van der Waals surface area contributed by atoms with Gasteiger partial charge < -0.3 is 10.3 Å². The van der Waals surface area contributed by atoms with Gasteiger partial charge in [0.25, 0.3) is 11.5 Å². The summed E-state index contributed by atoms with van der Waals surface area (Å²) >= 11 is 12.7. The highest BCUT2D eigenvalue weighted by Gasteiger charge is 2.21. The molecule has 5 aromatic rings. The number of carbonyl (C=O) groups is 1. The Morgan fingerprint density at radius 3 is 2.49 bits per heavy atom. The second-order valence-electron chi connectivity index (χ2n) is 7.79. The summed E-state index contributed by atoms with van der Waals surface area (Å²) in [5.41, 5.74) is 2.03. The number of hydrogen-bond acceptors (Lipinski definition) is 5. The molecule has 0 fully saturated rings. The summed E-state index contributed by atoms with van der Waals surface area (Å²) < 4.78 is 1.69. The Morgan fingerprint density at radius 1 is 0.971 bits per heavy atom. The van der Waals surface area contributed by atoms with Crippen molar-refractivity contribution in [2.45, 2.75) is 5.92 Å². The molecule has 0 aliphatic heterocycles. The zero-order valence-electron chi connectivity index (χ0n) is 18.2. The highest BCUT2D eigenvalue weighted by Crippen LogP contribution is 2.25. The molecule has 0 bridgehead atoms. The predicted octanol–water partition coefficient (Wildman–Crippen LogP) is 4.37. The zero-order chi connectivity index (χ0) is 24.4. The van der Waals surface area contributed by atoms with Gasteiger partial charge >= 0.3 is 0 Å². The summed E-state index contributed by atoms with van der Waals surface area (Å²) in [4.78, 5) is 33.3. The van der Waals surface area contributed by atoms with E-state index in [9.17, 15) is 9.59 Å². The van der Waals surface area contributed by atoms with Gasteiger partial charge in [-0.2, -0.15) is 0 Å². The molecule has 10 heteroatoms. The van der Waals surface area contributed by atoms with E-state index in [2.05, 4.69) is 25.5 Å². The van der Waals surface area contributed by atoms with E-state index in [1.165, 1.54) is 0 Å². The minimum Gasteiger partial charge on any atom is -0.351 e. The highest BCUT2D eigenvalue weighted by atomic mass is 35.5. The number of carbonyl (C=O) groups excluding carboxylic acids is 1. The number of nitrogens with zero attached hydrogens (tertiary/aromatic N) is 4. The molecule has 1 atom stereocenters. The van der Waals surface area contributed by atoms with Crippen LogP contribution in [0.2, 0.25) is 10.0 Å². The lowest BCUT2D eigenvalue weighted by Crippen LogP contribution is -2.30. The molecule has 0 saturated carbocycles. The van der Waals surface area contributed by atoms with Crippen molar-refractivity contribution in [3.05, 3.63) is 117 Å². The molecule has 0 saturated heterocycles. The molecule has 5 rings (SSSR count). The minimum absolute atomic E-state index is 0.172. The first-order valence-electron chi connectivity index (χ1n) is 10.7. The Morgan fingerprint density at radius 2 is 1.74 bits per heavy atom. The predicted molar refractivity (Wildman–Crippen MR) is 134 cm³/mol. The van der Waals surface area contributed by atoms with E-state index < -0.39 is 5.92 Å². The highest BCUT2D eigenvalue weighted by molar-refractivity contribution is 6.35. The second kappa shape index (κ2) is 9.69. The zero-order valence-corrected chi connectivity index (χ0v) is 19.7. The fraction of sp³-hybridized carbons (Fsp3) is 0.0800. The Hall–Kier alpha value is -4.01. The lowest BCUT2D eigenvalue weighted by atomic mass is 9.97. The van der Waals surface area contributed by atoms with Gasteiger partial charge in [0.05, 0.1) is 32.4 Å². The standard InChI is InChI=1S/C25H18Cl2N6O2/c26-20-8-4-7-18-22(20)31-23(32-25(18)35)19(15-5-2-1-3-6-15)12-28-24(34)17-10-9-16(11-21(17)27)33-13-29-30-14-33/h1-11,13-14,19H,12H2,(H,28,34)(H,31,32,35). The van der Waals surface area contributed by atoms with E-state index in [4.69, 9.17) is 23.2 Å². The SMILES string of the molecule is O=C(NCC(c1ccccc1)c1nc2c(Cl)cccc2c(=O)[nH]1)c1ccc(-n2cnnc2)cc1Cl. The summed E-state index contributed by atoms with van der Waals surface area (Å²) in [6.45, 7) is 0.172. The number of H-pyrrole nitrogens is 1. The van der Waals surface area contributed by atoms with Crippen LogP contribution in [0.1, 0.15) is 27.7 Å². The van der Waals surface area contributed by atoms with Crippen LogP contribution in [0.5, 0.6) is 0 Å². The van der Waals surface area contributed by atoms with Gasteiger partial charge in [0.1, 0.15) is 18.5 Å². The van der Waals surface area contributed by atoms with Crippen LogP contribution in [0, 0.1) is 0 Å². The van der Waals surface area contributed by atoms with E-state index in [1.807, 2.05) is 30.3 Å². The molecule has 3 aromatic carbocycles. The molecule has 0 aliphatic carbocycles. The molecule has 2 aromatic heterocycles. The topological polar surface area (TPSA) is 106 Å². The number of amides is 1. The normalized spacial score (nSPS) is 11.9. The lowest BCUT2D eigenvalue weighted by molar-refractivity contribution is 0.0952. The number of aromatic amines is 1. The third kappa shape index (κ3) is 4.66. The average Bonchev–Trinajstić information content (AvgIpc) is 3.40. The molecular formula is C25H18Cl2N6O2. The molecule has 2 N–H and O–H groups in total. The van der Waals surface area contributed by atoms with Gasteiger partial charge in [0.15, 0.2) is 0 Å². The van der Waals surface area contributed by atoms with E-state index in [0.717, 1.165) is 11.3 Å². The number of hydrogen-bond donors (Lipinski definition) is 2. The van der Waals surface area contributed by atoms with Gasteiger partial charge in [-0.15, -0.1) is 10.2 Å². The van der Waals surface area contributed by atoms with Crippen molar-refractivity contribution in [3.63, 3.8) is 0 Å². The smallest absolute Gasteiger partial charge is 0.258 e. The van der Waals surface area contributed by atoms with Crippen LogP contribution in [0.15, 0.2) is 84.2 Å². The first-order valence-corrected chi connectivity index (χ1v) is 11.4. The van der Waals surface area contributed by atoms with Crippen molar-refractivity contribution >= 4 is 40.0 Å². The van der Waals surface area contributed by atoms with E-state index in [0.29, 0.717) is 27.3 Å². The van der Waals surface area contributed by atoms with Crippen molar-refractivity contribution in [2.75, 3.05) is 6.54 Å². The minimum atomic E-state index is -0.427. The molecule has 0 radical (unpaired) electrons. The van der Waals surface area contributed by atoms with Crippen LogP contribution < -0.4 is 10.9 Å². The Labute approximate surface area is 209 Å². The van der Waals surface area contributed by atoms with E-state index >= 15 is 0 Å². The Kier molecular flexibility index (Phi) is 6.31. The fourth-order valence-corrected chi connectivity index (χ4v) is 4.32. The van der Waals surface area contributed by atoms with Crippen molar-refractivity contribution < 1.29 is 4.79 Å². The maximum absolute atomic E-state index is 13.0. The molecule has 1 unspecified atom stereocenters. The first-order chi connectivity index (χ1) is 17.0. The van der Waals surface area contributed by atoms with Gasteiger partial charge in [0, 0.05) is 12.2 Å². The van der Waals surface area contributed by atoms with Gasteiger partial charge in [0.2, 0.25) is 0 Å². The largest absolute Gasteiger partial charge is 0.351 e. The molecule has 0 spiro atoms. The summed E-state index contributed by atoms with van der Waals surface area (Å²) in [5.74, 6) is -0.382. The van der Waals surface area contributed by atoms with Gasteiger partial charge in [-0.05, 0) is 35.9 Å². The van der Waals surface area contributed by atoms with Crippen LogP contribution >= 0.6 is 23.2 Å². The first kappa shape index (κ1) is 22.8. The fourth-order valence-electron chi connectivity index (χ4n) is 3.84. The van der Waals surface area contributed by atoms with Gasteiger partial charge in [-0.25, -0.2) is 4.98 Å². The average molecular weight is 505 g/mol. The molecule has 0 aliphatic rings. The second-order valence-corrected chi connectivity index (χ2v) is 8.61. The van der Waals surface area contributed by atoms with E-state index in [1.54, 1.807) is 53.6 Å². The van der Waals surface area contributed by atoms with Crippen molar-refractivity contribution in [3.8, 4) is 5.69 Å². The molecular weight excluding hydrogens is 487 g/mol. The van der Waals surface area contributed by atoms with Crippen LogP contribution in [0.25, 0.3) is 16.6 Å². The Bertz CT molecular complexity index is 1570. The third-order valence-corrected chi connectivity index (χ3v) is 6.24. The maximum Gasteiger partial charge on any atom is 0.258 e. The van der Waals surface area contributed by atoms with Crippen LogP contribution in [0.3, 0.4) is 0 Å². The van der Waals surface area contributed by atoms with Crippen LogP contribution in [0.4, 0.5) is 0 Å². The lowest BCUT2D eigenvalue weighted by Gasteiger charge is -2.18. The monoisotopic (exact) mass is 504 g/mol. The van der Waals surface area contributed by atoms with Gasteiger partial charge in [-0.1, -0.05) is 59.6 Å². The summed E-state index contributed by atoms with van der Waals surface area (Å²) in [7, 11) is 0. The Balaban J connectivity index is 1.45. The number of nitrogens with one attached hydrogen (secondary N) is 2. The van der Waals surface area contributed by atoms with Crippen molar-refractivity contribution in [2.24, 2.45) is 0 Å². The molecule has 1 amide bonds. The molecule has 2 heterocycles. The maximum atomic E-state index is 13.0. The molecule has 35 heavy (non-hydrogen) atoms. The summed E-state index contributed by atoms with van der Waals surface area (Å²) in [5, 5.41) is 11.5.